The lowest BCUT2D eigenvalue weighted by molar-refractivity contribution is -0.134. The predicted molar refractivity (Wildman–Crippen MR) is 97.8 cm³/mol. The maximum atomic E-state index is 12.5. The van der Waals surface area contributed by atoms with Gasteiger partial charge in [0.15, 0.2) is 0 Å². The third-order valence-corrected chi connectivity index (χ3v) is 4.54. The first-order chi connectivity index (χ1) is 12.8. The van der Waals surface area contributed by atoms with Gasteiger partial charge in [-0.25, -0.2) is 9.59 Å². The molecule has 0 spiro atoms. The van der Waals surface area contributed by atoms with Crippen LogP contribution in [-0.2, 0) is 20.9 Å². The summed E-state index contributed by atoms with van der Waals surface area (Å²) in [6.45, 7) is 3.58. The van der Waals surface area contributed by atoms with Gasteiger partial charge in [-0.15, -0.1) is 0 Å². The topological polar surface area (TPSA) is 105 Å². The molecule has 1 unspecified atom stereocenters. The fourth-order valence-electron chi connectivity index (χ4n) is 2.87. The van der Waals surface area contributed by atoms with Gasteiger partial charge in [-0.05, 0) is 31.0 Å². The standard InChI is InChI=1S/C19H25N3O5/c1-4-5-10-19(2)17(25)22(18(26)21-19)12-15(23)20-11-13-6-8-14(9-7-13)16(24)27-3/h6-9H,4-5,10-12H2,1-3H3,(H,20,23)(H,21,26). The summed E-state index contributed by atoms with van der Waals surface area (Å²) in [5.74, 6) is -1.25. The molecule has 1 saturated heterocycles. The second-order valence-electron chi connectivity index (χ2n) is 6.72. The van der Waals surface area contributed by atoms with Crippen molar-refractivity contribution in [1.29, 1.82) is 0 Å². The molecule has 1 aliphatic rings. The number of benzene rings is 1. The van der Waals surface area contributed by atoms with Crippen LogP contribution in [0, 0.1) is 0 Å². The maximum Gasteiger partial charge on any atom is 0.337 e. The van der Waals surface area contributed by atoms with Crippen molar-refractivity contribution in [2.75, 3.05) is 13.7 Å². The van der Waals surface area contributed by atoms with Gasteiger partial charge in [0.25, 0.3) is 5.91 Å². The molecular weight excluding hydrogens is 350 g/mol. The highest BCUT2D eigenvalue weighted by molar-refractivity contribution is 6.08. The average Bonchev–Trinajstić information content (AvgIpc) is 2.88. The van der Waals surface area contributed by atoms with Crippen LogP contribution in [0.5, 0.6) is 0 Å². The Morgan fingerprint density at radius 3 is 2.48 bits per heavy atom. The Balaban J connectivity index is 1.89. The third kappa shape index (κ3) is 4.84. The lowest BCUT2D eigenvalue weighted by Crippen LogP contribution is -2.45. The molecule has 146 valence electrons. The molecule has 1 aliphatic heterocycles. The molecule has 0 aromatic heterocycles. The number of ether oxygens (including phenoxy) is 1. The number of nitrogens with one attached hydrogen (secondary N) is 2. The van der Waals surface area contributed by atoms with Crippen LogP contribution in [0.15, 0.2) is 24.3 Å². The summed E-state index contributed by atoms with van der Waals surface area (Å²) in [6, 6.07) is 6.05. The van der Waals surface area contributed by atoms with E-state index in [0.717, 1.165) is 23.3 Å². The minimum atomic E-state index is -0.947. The Morgan fingerprint density at radius 2 is 1.89 bits per heavy atom. The van der Waals surface area contributed by atoms with E-state index in [1.165, 1.54) is 7.11 Å². The van der Waals surface area contributed by atoms with Gasteiger partial charge in [0.1, 0.15) is 12.1 Å². The van der Waals surface area contributed by atoms with Gasteiger partial charge in [-0.1, -0.05) is 31.9 Å². The zero-order valence-corrected chi connectivity index (χ0v) is 15.8. The van der Waals surface area contributed by atoms with E-state index in [1.54, 1.807) is 31.2 Å². The van der Waals surface area contributed by atoms with Crippen molar-refractivity contribution >= 4 is 23.8 Å². The monoisotopic (exact) mass is 375 g/mol. The number of urea groups is 1. The van der Waals surface area contributed by atoms with E-state index >= 15 is 0 Å². The molecule has 1 heterocycles. The van der Waals surface area contributed by atoms with Crippen molar-refractivity contribution in [2.24, 2.45) is 0 Å². The summed E-state index contributed by atoms with van der Waals surface area (Å²) in [5.41, 5.74) is 0.246. The molecule has 8 nitrogen and oxygen atoms in total. The van der Waals surface area contributed by atoms with Crippen LogP contribution in [0.3, 0.4) is 0 Å². The van der Waals surface area contributed by atoms with Crippen LogP contribution in [0.2, 0.25) is 0 Å². The second-order valence-corrected chi connectivity index (χ2v) is 6.72. The number of hydrogen-bond acceptors (Lipinski definition) is 5. The average molecular weight is 375 g/mol. The van der Waals surface area contributed by atoms with Gasteiger partial charge in [0.2, 0.25) is 5.91 Å². The van der Waals surface area contributed by atoms with E-state index in [9.17, 15) is 19.2 Å². The van der Waals surface area contributed by atoms with Crippen LogP contribution in [-0.4, -0.2) is 47.9 Å². The summed E-state index contributed by atoms with van der Waals surface area (Å²) in [5, 5.41) is 5.35. The largest absolute Gasteiger partial charge is 0.465 e. The van der Waals surface area contributed by atoms with Crippen LogP contribution in [0.1, 0.15) is 49.0 Å². The predicted octanol–water partition coefficient (Wildman–Crippen LogP) is 1.59. The summed E-state index contributed by atoms with van der Waals surface area (Å²) in [7, 11) is 1.31. The molecule has 0 saturated carbocycles. The molecule has 27 heavy (non-hydrogen) atoms. The number of methoxy groups -OCH3 is 1. The molecule has 1 aromatic carbocycles. The zero-order valence-electron chi connectivity index (χ0n) is 15.8. The number of rotatable bonds is 8. The van der Waals surface area contributed by atoms with Crippen LogP contribution >= 0.6 is 0 Å². The Kier molecular flexibility index (Phi) is 6.55. The lowest BCUT2D eigenvalue weighted by Gasteiger charge is -2.21. The quantitative estimate of drug-likeness (QED) is 0.530. The van der Waals surface area contributed by atoms with E-state index < -0.39 is 23.4 Å². The van der Waals surface area contributed by atoms with Crippen molar-refractivity contribution in [2.45, 2.75) is 45.2 Å². The number of hydrogen-bond donors (Lipinski definition) is 2. The van der Waals surface area contributed by atoms with E-state index in [2.05, 4.69) is 15.4 Å². The first-order valence-electron chi connectivity index (χ1n) is 8.88. The van der Waals surface area contributed by atoms with Gasteiger partial charge in [0.05, 0.1) is 12.7 Å². The number of esters is 1. The molecule has 2 N–H and O–H groups in total. The molecule has 4 amide bonds. The van der Waals surface area contributed by atoms with Crippen LogP contribution < -0.4 is 10.6 Å². The molecular formula is C19H25N3O5. The van der Waals surface area contributed by atoms with Crippen molar-refractivity contribution in [1.82, 2.24) is 15.5 Å². The molecule has 0 radical (unpaired) electrons. The Morgan fingerprint density at radius 1 is 1.22 bits per heavy atom. The van der Waals surface area contributed by atoms with Gasteiger partial charge < -0.3 is 15.4 Å². The second kappa shape index (κ2) is 8.66. The lowest BCUT2D eigenvalue weighted by atomic mass is 9.95. The number of unbranched alkanes of at least 4 members (excludes halogenated alkanes) is 1. The zero-order chi connectivity index (χ0) is 20.0. The number of imide groups is 1. The van der Waals surface area contributed by atoms with Gasteiger partial charge in [-0.3, -0.25) is 14.5 Å². The maximum absolute atomic E-state index is 12.5. The first kappa shape index (κ1) is 20.4. The molecule has 1 fully saturated rings. The number of carbonyl (C=O) groups is 4. The van der Waals surface area contributed by atoms with E-state index in [1.807, 2.05) is 6.92 Å². The molecule has 1 aromatic rings. The highest BCUT2D eigenvalue weighted by atomic mass is 16.5. The number of nitrogens with zero attached hydrogens (tertiary/aromatic N) is 1. The Hall–Kier alpha value is -2.90. The van der Waals surface area contributed by atoms with Crippen molar-refractivity contribution in [3.63, 3.8) is 0 Å². The molecule has 0 bridgehead atoms. The Bertz CT molecular complexity index is 731. The minimum Gasteiger partial charge on any atom is -0.465 e. The molecule has 2 rings (SSSR count). The van der Waals surface area contributed by atoms with Crippen LogP contribution in [0.25, 0.3) is 0 Å². The van der Waals surface area contributed by atoms with Gasteiger partial charge in [-0.2, -0.15) is 0 Å². The number of carbonyl (C=O) groups excluding carboxylic acids is 4. The molecule has 0 aliphatic carbocycles. The fourth-order valence-corrected chi connectivity index (χ4v) is 2.87. The van der Waals surface area contributed by atoms with E-state index in [-0.39, 0.29) is 19.0 Å². The molecule has 1 atom stereocenters. The summed E-state index contributed by atoms with van der Waals surface area (Å²) in [6.07, 6.45) is 2.26. The highest BCUT2D eigenvalue weighted by Gasteiger charge is 2.47. The summed E-state index contributed by atoms with van der Waals surface area (Å²) in [4.78, 5) is 49.1. The fraction of sp³-hybridized carbons (Fsp3) is 0.474. The highest BCUT2D eigenvalue weighted by Crippen LogP contribution is 2.23. The number of amides is 4. The smallest absolute Gasteiger partial charge is 0.337 e. The molecule has 8 heteroatoms. The van der Waals surface area contributed by atoms with E-state index in [0.29, 0.717) is 12.0 Å². The van der Waals surface area contributed by atoms with Crippen molar-refractivity contribution < 1.29 is 23.9 Å². The van der Waals surface area contributed by atoms with Crippen molar-refractivity contribution in [3.05, 3.63) is 35.4 Å². The summed E-state index contributed by atoms with van der Waals surface area (Å²) < 4.78 is 4.63. The third-order valence-electron chi connectivity index (χ3n) is 4.54. The van der Waals surface area contributed by atoms with E-state index in [4.69, 9.17) is 0 Å². The summed E-state index contributed by atoms with van der Waals surface area (Å²) >= 11 is 0. The van der Waals surface area contributed by atoms with Gasteiger partial charge >= 0.3 is 12.0 Å². The Labute approximate surface area is 158 Å². The van der Waals surface area contributed by atoms with Gasteiger partial charge in [0, 0.05) is 6.54 Å². The SMILES string of the molecule is CCCCC1(C)NC(=O)N(CC(=O)NCc2ccc(C(=O)OC)cc2)C1=O. The normalized spacial score (nSPS) is 19.0. The minimum absolute atomic E-state index is 0.219. The first-order valence-corrected chi connectivity index (χ1v) is 8.88. The van der Waals surface area contributed by atoms with Crippen molar-refractivity contribution in [3.8, 4) is 0 Å². The van der Waals surface area contributed by atoms with Crippen LogP contribution in [0.4, 0.5) is 4.79 Å².